The molecule has 2 N–H and O–H groups in total. The number of hydrogen-bond acceptors (Lipinski definition) is 3. The van der Waals surface area contributed by atoms with Crippen molar-refractivity contribution in [3.63, 3.8) is 0 Å². The minimum atomic E-state index is -0.611. The monoisotopic (exact) mass is 338 g/mol. The van der Waals surface area contributed by atoms with E-state index in [4.69, 9.17) is 0 Å². The maximum atomic E-state index is 12.8. The van der Waals surface area contributed by atoms with Crippen molar-refractivity contribution >= 4 is 11.8 Å². The highest BCUT2D eigenvalue weighted by Crippen LogP contribution is 2.26. The molecule has 2 aromatic carbocycles. The van der Waals surface area contributed by atoms with Crippen molar-refractivity contribution in [3.8, 4) is 5.75 Å². The van der Waals surface area contributed by atoms with Crippen LogP contribution < -0.4 is 5.32 Å². The number of carbonyl (C=O) groups is 2. The SMILES string of the molecule is Cc1cccc([C@H]2C(=O)NCCN2C(=O)Cc2ccc(C)c(O)c2)c1. The Bertz CT molecular complexity index is 816. The van der Waals surface area contributed by atoms with E-state index in [1.807, 2.05) is 44.2 Å². The van der Waals surface area contributed by atoms with Crippen LogP contribution in [0.2, 0.25) is 0 Å². The number of nitrogens with zero attached hydrogens (tertiary/aromatic N) is 1. The number of aryl methyl sites for hydroxylation is 2. The van der Waals surface area contributed by atoms with Gasteiger partial charge in [-0.25, -0.2) is 0 Å². The maximum absolute atomic E-state index is 12.8. The van der Waals surface area contributed by atoms with Gasteiger partial charge in [-0.05, 0) is 36.6 Å². The fraction of sp³-hybridized carbons (Fsp3) is 0.300. The summed E-state index contributed by atoms with van der Waals surface area (Å²) in [5.41, 5.74) is 3.37. The second kappa shape index (κ2) is 6.97. The van der Waals surface area contributed by atoms with Gasteiger partial charge in [-0.15, -0.1) is 0 Å². The molecule has 130 valence electrons. The summed E-state index contributed by atoms with van der Waals surface area (Å²) in [5, 5.41) is 12.7. The van der Waals surface area contributed by atoms with Gasteiger partial charge in [0, 0.05) is 13.1 Å². The van der Waals surface area contributed by atoms with Gasteiger partial charge in [0.15, 0.2) is 0 Å². The Kier molecular flexibility index (Phi) is 4.74. The lowest BCUT2D eigenvalue weighted by molar-refractivity contribution is -0.143. The first-order chi connectivity index (χ1) is 12.0. The van der Waals surface area contributed by atoms with Crippen molar-refractivity contribution in [2.45, 2.75) is 26.3 Å². The molecule has 0 unspecified atom stereocenters. The molecule has 1 aliphatic heterocycles. The molecule has 5 nitrogen and oxygen atoms in total. The first-order valence-corrected chi connectivity index (χ1v) is 8.38. The highest BCUT2D eigenvalue weighted by Gasteiger charge is 2.34. The van der Waals surface area contributed by atoms with E-state index in [1.54, 1.807) is 17.0 Å². The molecule has 1 saturated heterocycles. The van der Waals surface area contributed by atoms with Crippen LogP contribution in [0.25, 0.3) is 0 Å². The Labute approximate surface area is 147 Å². The standard InChI is InChI=1S/C20H22N2O3/c1-13-4-3-5-16(10-13)19-20(25)21-8-9-22(19)18(24)12-15-7-6-14(2)17(23)11-15/h3-7,10-11,19,23H,8-9,12H2,1-2H3,(H,21,25)/t19-/m0/s1. The molecule has 1 atom stereocenters. The number of nitrogens with one attached hydrogen (secondary N) is 1. The van der Waals surface area contributed by atoms with Crippen LogP contribution >= 0.6 is 0 Å². The van der Waals surface area contributed by atoms with Crippen molar-refractivity contribution < 1.29 is 14.7 Å². The van der Waals surface area contributed by atoms with Crippen molar-refractivity contribution in [1.29, 1.82) is 0 Å². The van der Waals surface area contributed by atoms with E-state index >= 15 is 0 Å². The van der Waals surface area contributed by atoms with Crippen LogP contribution in [0.3, 0.4) is 0 Å². The molecular formula is C20H22N2O3. The second-order valence-corrected chi connectivity index (χ2v) is 6.49. The van der Waals surface area contributed by atoms with Crippen molar-refractivity contribution in [2.24, 2.45) is 0 Å². The van der Waals surface area contributed by atoms with Crippen LogP contribution in [-0.2, 0) is 16.0 Å². The Morgan fingerprint density at radius 2 is 2.04 bits per heavy atom. The van der Waals surface area contributed by atoms with E-state index in [-0.39, 0.29) is 24.0 Å². The van der Waals surface area contributed by atoms with E-state index < -0.39 is 6.04 Å². The fourth-order valence-corrected chi connectivity index (χ4v) is 3.15. The fourth-order valence-electron chi connectivity index (χ4n) is 3.15. The van der Waals surface area contributed by atoms with Gasteiger partial charge < -0.3 is 15.3 Å². The van der Waals surface area contributed by atoms with Gasteiger partial charge in [-0.3, -0.25) is 9.59 Å². The maximum Gasteiger partial charge on any atom is 0.247 e. The molecule has 0 spiro atoms. The van der Waals surface area contributed by atoms with Crippen LogP contribution in [0.5, 0.6) is 5.75 Å². The summed E-state index contributed by atoms with van der Waals surface area (Å²) in [4.78, 5) is 26.9. The molecular weight excluding hydrogens is 316 g/mol. The van der Waals surface area contributed by atoms with Gasteiger partial charge >= 0.3 is 0 Å². The Morgan fingerprint density at radius 3 is 2.76 bits per heavy atom. The number of phenols is 1. The number of benzene rings is 2. The summed E-state index contributed by atoms with van der Waals surface area (Å²) >= 11 is 0. The topological polar surface area (TPSA) is 69.6 Å². The van der Waals surface area contributed by atoms with Crippen molar-refractivity contribution in [2.75, 3.05) is 13.1 Å². The molecule has 5 heteroatoms. The predicted molar refractivity (Wildman–Crippen MR) is 95.2 cm³/mol. The molecule has 0 radical (unpaired) electrons. The molecule has 2 amide bonds. The van der Waals surface area contributed by atoms with Crippen LogP contribution in [0.1, 0.15) is 28.3 Å². The number of rotatable bonds is 3. The average Bonchev–Trinajstić information content (AvgIpc) is 2.58. The molecule has 2 aromatic rings. The van der Waals surface area contributed by atoms with Gasteiger partial charge in [0.05, 0.1) is 6.42 Å². The van der Waals surface area contributed by atoms with Crippen LogP contribution in [0.4, 0.5) is 0 Å². The zero-order chi connectivity index (χ0) is 18.0. The third-order valence-electron chi connectivity index (χ3n) is 4.52. The predicted octanol–water partition coefficient (Wildman–Crippen LogP) is 2.25. The molecule has 1 fully saturated rings. The third-order valence-corrected chi connectivity index (χ3v) is 4.52. The summed E-state index contributed by atoms with van der Waals surface area (Å²) in [7, 11) is 0. The number of hydrogen-bond donors (Lipinski definition) is 2. The van der Waals surface area contributed by atoms with E-state index in [9.17, 15) is 14.7 Å². The first-order valence-electron chi connectivity index (χ1n) is 8.38. The Hall–Kier alpha value is -2.82. The summed E-state index contributed by atoms with van der Waals surface area (Å²) in [6.45, 7) is 4.70. The van der Waals surface area contributed by atoms with E-state index in [0.717, 1.165) is 22.3 Å². The number of phenolic OH excluding ortho intramolecular Hbond substituents is 1. The molecule has 25 heavy (non-hydrogen) atoms. The minimum absolute atomic E-state index is 0.121. The quantitative estimate of drug-likeness (QED) is 0.902. The van der Waals surface area contributed by atoms with E-state index in [1.165, 1.54) is 0 Å². The molecule has 0 aliphatic carbocycles. The van der Waals surface area contributed by atoms with Crippen LogP contribution in [0, 0.1) is 13.8 Å². The van der Waals surface area contributed by atoms with Gasteiger partial charge in [0.25, 0.3) is 0 Å². The van der Waals surface area contributed by atoms with Gasteiger partial charge in [-0.2, -0.15) is 0 Å². The highest BCUT2D eigenvalue weighted by atomic mass is 16.3. The molecule has 1 heterocycles. The summed E-state index contributed by atoms with van der Waals surface area (Å²) in [6, 6.07) is 12.3. The van der Waals surface area contributed by atoms with Crippen molar-refractivity contribution in [1.82, 2.24) is 10.2 Å². The lowest BCUT2D eigenvalue weighted by atomic mass is 9.99. The summed E-state index contributed by atoms with van der Waals surface area (Å²) in [5.74, 6) is -0.0986. The Morgan fingerprint density at radius 1 is 1.24 bits per heavy atom. The van der Waals surface area contributed by atoms with Crippen molar-refractivity contribution in [3.05, 3.63) is 64.7 Å². The van der Waals surface area contributed by atoms with Crippen LogP contribution in [0.15, 0.2) is 42.5 Å². The lowest BCUT2D eigenvalue weighted by Gasteiger charge is -2.35. The van der Waals surface area contributed by atoms with Gasteiger partial charge in [0.1, 0.15) is 11.8 Å². The third kappa shape index (κ3) is 3.65. The minimum Gasteiger partial charge on any atom is -0.508 e. The largest absolute Gasteiger partial charge is 0.508 e. The molecule has 1 aliphatic rings. The zero-order valence-corrected chi connectivity index (χ0v) is 14.5. The summed E-state index contributed by atoms with van der Waals surface area (Å²) in [6.07, 6.45) is 0.156. The lowest BCUT2D eigenvalue weighted by Crippen LogP contribution is -2.52. The average molecular weight is 338 g/mol. The summed E-state index contributed by atoms with van der Waals surface area (Å²) < 4.78 is 0. The molecule has 0 aromatic heterocycles. The molecule has 3 rings (SSSR count). The van der Waals surface area contributed by atoms with Gasteiger partial charge in [-0.1, -0.05) is 42.0 Å². The number of amides is 2. The highest BCUT2D eigenvalue weighted by molar-refractivity contribution is 5.90. The zero-order valence-electron chi connectivity index (χ0n) is 14.5. The molecule has 0 saturated carbocycles. The Balaban J connectivity index is 1.85. The number of piperazine rings is 1. The first kappa shape index (κ1) is 17.0. The number of carbonyl (C=O) groups excluding carboxylic acids is 2. The molecule has 0 bridgehead atoms. The van der Waals surface area contributed by atoms with Gasteiger partial charge in [0.2, 0.25) is 11.8 Å². The van der Waals surface area contributed by atoms with E-state index in [0.29, 0.717) is 13.1 Å². The van der Waals surface area contributed by atoms with E-state index in [2.05, 4.69) is 5.32 Å². The normalized spacial score (nSPS) is 17.3. The number of aromatic hydroxyl groups is 1. The second-order valence-electron chi connectivity index (χ2n) is 6.49. The smallest absolute Gasteiger partial charge is 0.247 e. The van der Waals surface area contributed by atoms with Crippen LogP contribution in [-0.4, -0.2) is 34.9 Å².